The highest BCUT2D eigenvalue weighted by molar-refractivity contribution is 5.86. The van der Waals surface area contributed by atoms with E-state index >= 15 is 0 Å². The zero-order chi connectivity index (χ0) is 30.6. The minimum Gasteiger partial charge on any atom is -0.378 e. The molecule has 0 spiro atoms. The van der Waals surface area contributed by atoms with Crippen LogP contribution in [0.15, 0.2) is 58.5 Å². The Labute approximate surface area is 231 Å². The standard InChI is InChI=1S/C26H21F8N5O3/c27-18-9-16-13(8-17(18)19-4-3-14(10-35-19)22(28)29)5-7-39(24(16)41)6-1-2-15(12-42-25(30)31)37-20-11-36-38-23(40)21(20)26(32,33)34/h3-5,7-11,15,22,25H,1-2,6,12H2,(H2,37,38,40). The quantitative estimate of drug-likeness (QED) is 0.212. The van der Waals surface area contributed by atoms with Crippen LogP contribution in [0.4, 0.5) is 40.8 Å². The second kappa shape index (κ2) is 12.7. The molecule has 4 rings (SSSR count). The summed E-state index contributed by atoms with van der Waals surface area (Å²) in [6, 6.07) is 5.03. The lowest BCUT2D eigenvalue weighted by Crippen LogP contribution is -2.32. The third kappa shape index (κ3) is 7.10. The van der Waals surface area contributed by atoms with Crippen LogP contribution in [0, 0.1) is 5.82 Å². The molecule has 0 radical (unpaired) electrons. The molecular weight excluding hydrogens is 582 g/mol. The molecule has 0 fully saturated rings. The molecule has 0 saturated heterocycles. The van der Waals surface area contributed by atoms with Crippen molar-refractivity contribution in [3.63, 3.8) is 0 Å². The number of H-pyrrole nitrogens is 1. The van der Waals surface area contributed by atoms with Crippen molar-refractivity contribution in [2.75, 3.05) is 11.9 Å². The van der Waals surface area contributed by atoms with Gasteiger partial charge >= 0.3 is 12.8 Å². The van der Waals surface area contributed by atoms with E-state index in [1.807, 2.05) is 0 Å². The molecule has 3 aromatic heterocycles. The number of aromatic nitrogens is 4. The van der Waals surface area contributed by atoms with Gasteiger partial charge in [0.05, 0.1) is 29.6 Å². The third-order valence-corrected chi connectivity index (χ3v) is 6.25. The number of nitrogens with zero attached hydrogens (tertiary/aromatic N) is 3. The lowest BCUT2D eigenvalue weighted by Gasteiger charge is -2.22. The zero-order valence-corrected chi connectivity index (χ0v) is 21.3. The molecule has 3 heterocycles. The molecule has 4 aromatic rings. The Morgan fingerprint density at radius 1 is 1.05 bits per heavy atom. The Morgan fingerprint density at radius 2 is 1.81 bits per heavy atom. The lowest BCUT2D eigenvalue weighted by molar-refractivity contribution is -0.138. The van der Waals surface area contributed by atoms with E-state index in [1.165, 1.54) is 29.0 Å². The summed E-state index contributed by atoms with van der Waals surface area (Å²) < 4.78 is 111. The first kappa shape index (κ1) is 30.6. The number of rotatable bonds is 11. The number of ether oxygens (including phenoxy) is 1. The van der Waals surface area contributed by atoms with E-state index in [2.05, 4.69) is 20.1 Å². The summed E-state index contributed by atoms with van der Waals surface area (Å²) in [5.41, 5.74) is -4.73. The van der Waals surface area contributed by atoms with Crippen LogP contribution in [0.2, 0.25) is 0 Å². The minimum atomic E-state index is -5.06. The highest BCUT2D eigenvalue weighted by atomic mass is 19.4. The number of halogens is 8. The number of alkyl halides is 7. The van der Waals surface area contributed by atoms with Crippen molar-refractivity contribution < 1.29 is 39.9 Å². The van der Waals surface area contributed by atoms with E-state index in [0.717, 1.165) is 18.3 Å². The van der Waals surface area contributed by atoms with Gasteiger partial charge < -0.3 is 14.6 Å². The third-order valence-electron chi connectivity index (χ3n) is 6.25. The van der Waals surface area contributed by atoms with Crippen molar-refractivity contribution >= 4 is 16.5 Å². The molecule has 0 aliphatic heterocycles. The van der Waals surface area contributed by atoms with Gasteiger partial charge in [0.15, 0.2) is 0 Å². The van der Waals surface area contributed by atoms with Gasteiger partial charge in [-0.15, -0.1) is 0 Å². The van der Waals surface area contributed by atoms with Crippen LogP contribution >= 0.6 is 0 Å². The molecule has 0 aliphatic rings. The van der Waals surface area contributed by atoms with Crippen molar-refractivity contribution in [1.29, 1.82) is 0 Å². The van der Waals surface area contributed by atoms with E-state index in [-0.39, 0.29) is 41.6 Å². The van der Waals surface area contributed by atoms with Crippen LogP contribution in [0.5, 0.6) is 0 Å². The summed E-state index contributed by atoms with van der Waals surface area (Å²) in [5, 5.41) is 7.68. The number of benzene rings is 1. The number of fused-ring (bicyclic) bond motifs is 1. The first-order valence-electron chi connectivity index (χ1n) is 12.2. The fraction of sp³-hybridized carbons (Fsp3) is 0.308. The largest absolute Gasteiger partial charge is 0.423 e. The fourth-order valence-electron chi connectivity index (χ4n) is 4.27. The Hall–Kier alpha value is -4.34. The van der Waals surface area contributed by atoms with Gasteiger partial charge in [0.25, 0.3) is 17.5 Å². The van der Waals surface area contributed by atoms with Gasteiger partial charge in [-0.3, -0.25) is 14.6 Å². The SMILES string of the molecule is O=c1[nH]ncc(NC(CCCn2ccc3cc(-c4ccc(C(F)F)cn4)c(F)cc3c2=O)COC(F)F)c1C(F)(F)F. The Morgan fingerprint density at radius 3 is 2.45 bits per heavy atom. The average Bonchev–Trinajstić information content (AvgIpc) is 2.92. The second-order valence-corrected chi connectivity index (χ2v) is 9.07. The maximum Gasteiger partial charge on any atom is 0.423 e. The maximum atomic E-state index is 14.9. The number of hydrogen-bond acceptors (Lipinski definition) is 6. The normalized spacial score (nSPS) is 12.8. The predicted molar refractivity (Wildman–Crippen MR) is 135 cm³/mol. The highest BCUT2D eigenvalue weighted by Gasteiger charge is 2.37. The number of anilines is 1. The van der Waals surface area contributed by atoms with E-state index in [4.69, 9.17) is 0 Å². The summed E-state index contributed by atoms with van der Waals surface area (Å²) in [6.07, 6.45) is -4.80. The zero-order valence-electron chi connectivity index (χ0n) is 21.3. The van der Waals surface area contributed by atoms with E-state index in [9.17, 15) is 44.7 Å². The number of aromatic amines is 1. The first-order valence-corrected chi connectivity index (χ1v) is 12.2. The Kier molecular flexibility index (Phi) is 9.23. The molecule has 0 amide bonds. The van der Waals surface area contributed by atoms with Crippen molar-refractivity contribution in [1.82, 2.24) is 19.7 Å². The first-order chi connectivity index (χ1) is 19.8. The number of pyridine rings is 2. The lowest BCUT2D eigenvalue weighted by atomic mass is 10.0. The second-order valence-electron chi connectivity index (χ2n) is 9.07. The van der Waals surface area contributed by atoms with Gasteiger partial charge in [-0.1, -0.05) is 0 Å². The molecule has 224 valence electrons. The summed E-state index contributed by atoms with van der Waals surface area (Å²) in [4.78, 5) is 28.6. The predicted octanol–water partition coefficient (Wildman–Crippen LogP) is 5.74. The Balaban J connectivity index is 1.52. The van der Waals surface area contributed by atoms with Gasteiger partial charge in [0.1, 0.15) is 11.4 Å². The molecule has 42 heavy (non-hydrogen) atoms. The molecule has 2 N–H and O–H groups in total. The summed E-state index contributed by atoms with van der Waals surface area (Å²) in [6.45, 7) is -3.97. The molecule has 16 heteroatoms. The van der Waals surface area contributed by atoms with Gasteiger partial charge in [-0.25, -0.2) is 18.3 Å². The number of nitrogens with one attached hydrogen (secondary N) is 2. The monoisotopic (exact) mass is 603 g/mol. The van der Waals surface area contributed by atoms with E-state index in [0.29, 0.717) is 11.6 Å². The van der Waals surface area contributed by atoms with Gasteiger partial charge in [-0.2, -0.15) is 27.1 Å². The summed E-state index contributed by atoms with van der Waals surface area (Å²) >= 11 is 0. The van der Waals surface area contributed by atoms with Crippen LogP contribution < -0.4 is 16.4 Å². The molecule has 0 saturated carbocycles. The van der Waals surface area contributed by atoms with Crippen molar-refractivity contribution in [2.45, 2.75) is 44.6 Å². The topological polar surface area (TPSA) is 102 Å². The number of aryl methyl sites for hydroxylation is 1. The average molecular weight is 603 g/mol. The molecule has 1 aromatic carbocycles. The van der Waals surface area contributed by atoms with Crippen molar-refractivity contribution in [2.24, 2.45) is 0 Å². The highest BCUT2D eigenvalue weighted by Crippen LogP contribution is 2.32. The maximum absolute atomic E-state index is 14.9. The van der Waals surface area contributed by atoms with Crippen LogP contribution in [-0.2, 0) is 17.5 Å². The molecule has 1 unspecified atom stereocenters. The molecule has 0 bridgehead atoms. The fourth-order valence-corrected chi connectivity index (χ4v) is 4.27. The van der Waals surface area contributed by atoms with E-state index < -0.39 is 60.0 Å². The van der Waals surface area contributed by atoms with Crippen LogP contribution in [0.1, 0.15) is 30.4 Å². The van der Waals surface area contributed by atoms with Crippen molar-refractivity contribution in [3.8, 4) is 11.3 Å². The molecular formula is C26H21F8N5O3. The Bertz CT molecular complexity index is 1660. The number of hydrogen-bond donors (Lipinski definition) is 2. The van der Waals surface area contributed by atoms with Crippen LogP contribution in [0.25, 0.3) is 22.0 Å². The van der Waals surface area contributed by atoms with Gasteiger partial charge in [0, 0.05) is 36.1 Å². The van der Waals surface area contributed by atoms with Gasteiger partial charge in [0.2, 0.25) is 0 Å². The molecule has 8 nitrogen and oxygen atoms in total. The van der Waals surface area contributed by atoms with Crippen LogP contribution in [-0.4, -0.2) is 39.0 Å². The van der Waals surface area contributed by atoms with Gasteiger partial charge in [-0.05, 0) is 48.6 Å². The molecule has 0 aliphatic carbocycles. The minimum absolute atomic E-state index is 0.0111. The summed E-state index contributed by atoms with van der Waals surface area (Å²) in [5.74, 6) is -0.824. The summed E-state index contributed by atoms with van der Waals surface area (Å²) in [7, 11) is 0. The van der Waals surface area contributed by atoms with Crippen molar-refractivity contribution in [3.05, 3.63) is 86.6 Å². The smallest absolute Gasteiger partial charge is 0.378 e. The van der Waals surface area contributed by atoms with Crippen LogP contribution in [0.3, 0.4) is 0 Å². The molecule has 1 atom stereocenters. The van der Waals surface area contributed by atoms with E-state index in [1.54, 1.807) is 5.10 Å².